The summed E-state index contributed by atoms with van der Waals surface area (Å²) in [7, 11) is -2.19. The third-order valence-corrected chi connectivity index (χ3v) is 7.04. The number of nitrogens with two attached hydrogens (primary N) is 2. The van der Waals surface area contributed by atoms with Gasteiger partial charge in [0.05, 0.1) is 5.69 Å². The second-order valence-electron chi connectivity index (χ2n) is 4.95. The minimum absolute atomic E-state index is 0.751. The van der Waals surface area contributed by atoms with Gasteiger partial charge in [-0.3, -0.25) is 0 Å². The number of anilines is 1. The number of nitrogen functional groups attached to an aromatic ring is 1. The highest BCUT2D eigenvalue weighted by Crippen LogP contribution is 2.48. The van der Waals surface area contributed by atoms with Crippen LogP contribution in [0.15, 0.2) is 84.9 Å². The quantitative estimate of drug-likeness (QED) is 0.575. The van der Waals surface area contributed by atoms with E-state index in [9.17, 15) is 0 Å². The maximum Gasteiger partial charge on any atom is 0.177 e. The van der Waals surface area contributed by atoms with E-state index in [1.165, 1.54) is 0 Å². The predicted molar refractivity (Wildman–Crippen MR) is 93.7 cm³/mol. The van der Waals surface area contributed by atoms with Gasteiger partial charge in [-0.25, -0.2) is 0 Å². The van der Waals surface area contributed by atoms with Crippen LogP contribution in [0.5, 0.6) is 0 Å². The molecule has 104 valence electrons. The van der Waals surface area contributed by atoms with E-state index in [1.54, 1.807) is 0 Å². The van der Waals surface area contributed by atoms with E-state index in [0.29, 0.717) is 0 Å². The van der Waals surface area contributed by atoms with Gasteiger partial charge in [-0.1, -0.05) is 48.5 Å². The van der Waals surface area contributed by atoms with Gasteiger partial charge in [0.2, 0.25) is 0 Å². The van der Waals surface area contributed by atoms with Crippen molar-refractivity contribution in [3.8, 4) is 0 Å². The Balaban J connectivity index is 2.29. The lowest BCUT2D eigenvalue weighted by Crippen LogP contribution is -2.37. The molecule has 21 heavy (non-hydrogen) atoms. The van der Waals surface area contributed by atoms with E-state index in [-0.39, 0.29) is 0 Å². The van der Waals surface area contributed by atoms with Crippen LogP contribution in [0, 0.1) is 0 Å². The minimum Gasteiger partial charge on any atom is -0.395 e. The highest BCUT2D eigenvalue weighted by molar-refractivity contribution is 7.94. The summed E-state index contributed by atoms with van der Waals surface area (Å²) < 4.78 is 0. The molecule has 0 spiro atoms. The largest absolute Gasteiger partial charge is 0.395 e. The molecule has 0 unspecified atom stereocenters. The van der Waals surface area contributed by atoms with Gasteiger partial charge in [-0.05, 0) is 36.4 Å². The lowest BCUT2D eigenvalue weighted by atomic mass is 10.3. The van der Waals surface area contributed by atoms with Crippen molar-refractivity contribution in [1.29, 1.82) is 0 Å². The molecular formula is C18H18N2P+. The molecule has 0 atom stereocenters. The van der Waals surface area contributed by atoms with Crippen LogP contribution < -0.4 is 27.2 Å². The summed E-state index contributed by atoms with van der Waals surface area (Å²) in [6, 6.07) is 28.4. The van der Waals surface area contributed by atoms with E-state index in [1.807, 2.05) is 60.7 Å². The first-order valence-corrected chi connectivity index (χ1v) is 8.72. The highest BCUT2D eigenvalue weighted by atomic mass is 31.2. The SMILES string of the molecule is Nc1ccccc1[P+](N)(c1ccccc1)c1ccccc1. The average molecular weight is 293 g/mol. The van der Waals surface area contributed by atoms with Crippen LogP contribution in [-0.2, 0) is 0 Å². The molecule has 0 saturated heterocycles. The molecule has 0 aliphatic heterocycles. The monoisotopic (exact) mass is 293 g/mol. The van der Waals surface area contributed by atoms with Crippen molar-refractivity contribution < 1.29 is 0 Å². The number of para-hydroxylation sites is 1. The van der Waals surface area contributed by atoms with Crippen LogP contribution >= 0.6 is 7.41 Å². The molecule has 0 aliphatic rings. The Morgan fingerprint density at radius 1 is 0.571 bits per heavy atom. The van der Waals surface area contributed by atoms with E-state index in [0.717, 1.165) is 21.6 Å². The van der Waals surface area contributed by atoms with Gasteiger partial charge < -0.3 is 5.73 Å². The van der Waals surface area contributed by atoms with Crippen molar-refractivity contribution in [1.82, 2.24) is 0 Å². The maximum atomic E-state index is 6.99. The molecule has 2 nitrogen and oxygen atoms in total. The van der Waals surface area contributed by atoms with Gasteiger partial charge in [0.15, 0.2) is 7.41 Å². The number of hydrogen-bond acceptors (Lipinski definition) is 2. The van der Waals surface area contributed by atoms with Crippen molar-refractivity contribution >= 4 is 29.0 Å². The molecule has 0 bridgehead atoms. The van der Waals surface area contributed by atoms with Gasteiger partial charge in [0.25, 0.3) is 0 Å². The van der Waals surface area contributed by atoms with Crippen LogP contribution in [0.25, 0.3) is 0 Å². The van der Waals surface area contributed by atoms with Crippen LogP contribution in [0.1, 0.15) is 0 Å². The third kappa shape index (κ3) is 2.44. The molecule has 0 aliphatic carbocycles. The van der Waals surface area contributed by atoms with Crippen LogP contribution in [0.4, 0.5) is 5.69 Å². The summed E-state index contributed by atoms with van der Waals surface area (Å²) in [4.78, 5) is 0. The molecule has 3 heteroatoms. The number of rotatable bonds is 3. The van der Waals surface area contributed by atoms with Crippen molar-refractivity contribution in [2.45, 2.75) is 0 Å². The number of hydrogen-bond donors (Lipinski definition) is 2. The summed E-state index contributed by atoms with van der Waals surface area (Å²) in [6.45, 7) is 0. The summed E-state index contributed by atoms with van der Waals surface area (Å²) in [5.41, 5.74) is 14.0. The van der Waals surface area contributed by atoms with Gasteiger partial charge >= 0.3 is 0 Å². The Labute approximate surface area is 125 Å². The Morgan fingerprint density at radius 2 is 1.00 bits per heavy atom. The molecule has 0 fully saturated rings. The lowest BCUT2D eigenvalue weighted by molar-refractivity contribution is 1.68. The van der Waals surface area contributed by atoms with Gasteiger partial charge in [0.1, 0.15) is 15.9 Å². The van der Waals surface area contributed by atoms with E-state index in [4.69, 9.17) is 11.2 Å². The van der Waals surface area contributed by atoms with Crippen molar-refractivity contribution in [3.63, 3.8) is 0 Å². The van der Waals surface area contributed by atoms with Gasteiger partial charge in [-0.2, -0.15) is 5.50 Å². The van der Waals surface area contributed by atoms with Crippen molar-refractivity contribution in [2.24, 2.45) is 5.50 Å². The molecule has 0 aromatic heterocycles. The Kier molecular flexibility index (Phi) is 3.74. The number of benzene rings is 3. The van der Waals surface area contributed by atoms with Crippen molar-refractivity contribution in [2.75, 3.05) is 5.73 Å². The lowest BCUT2D eigenvalue weighted by Gasteiger charge is -2.23. The fourth-order valence-corrected chi connectivity index (χ4v) is 5.50. The zero-order valence-corrected chi connectivity index (χ0v) is 12.6. The molecule has 0 heterocycles. The van der Waals surface area contributed by atoms with Crippen LogP contribution in [-0.4, -0.2) is 0 Å². The van der Waals surface area contributed by atoms with Gasteiger partial charge in [0, 0.05) is 0 Å². The molecular weight excluding hydrogens is 275 g/mol. The fourth-order valence-electron chi connectivity index (χ4n) is 2.56. The first-order chi connectivity index (χ1) is 10.2. The molecule has 3 rings (SSSR count). The first-order valence-electron chi connectivity index (χ1n) is 6.87. The molecule has 0 radical (unpaired) electrons. The predicted octanol–water partition coefficient (Wildman–Crippen LogP) is 2.44. The van der Waals surface area contributed by atoms with Crippen LogP contribution in [0.3, 0.4) is 0 Å². The third-order valence-electron chi connectivity index (χ3n) is 3.64. The van der Waals surface area contributed by atoms with Crippen molar-refractivity contribution in [3.05, 3.63) is 84.9 Å². The highest BCUT2D eigenvalue weighted by Gasteiger charge is 2.42. The molecule has 3 aromatic carbocycles. The summed E-state index contributed by atoms with van der Waals surface area (Å²) >= 11 is 0. The van der Waals surface area contributed by atoms with E-state index < -0.39 is 7.41 Å². The maximum absolute atomic E-state index is 6.99. The van der Waals surface area contributed by atoms with E-state index >= 15 is 0 Å². The summed E-state index contributed by atoms with van der Waals surface area (Å²) in [6.07, 6.45) is 0. The standard InChI is InChI=1S/C18H18N2P/c19-17-13-7-8-14-18(17)21(20,15-9-3-1-4-10-15)16-11-5-2-6-12-16/h1-14H,19-20H2/q+1. The molecule has 0 amide bonds. The summed E-state index contributed by atoms with van der Waals surface area (Å²) in [5.74, 6) is 0. The zero-order chi connectivity index (χ0) is 14.7. The van der Waals surface area contributed by atoms with Gasteiger partial charge in [-0.15, -0.1) is 0 Å². The molecule has 4 N–H and O–H groups in total. The first kappa shape index (κ1) is 13.8. The normalized spacial score (nSPS) is 11.3. The minimum atomic E-state index is -2.19. The Hall–Kier alpha value is -2.15. The average Bonchev–Trinajstić information content (AvgIpc) is 2.56. The summed E-state index contributed by atoms with van der Waals surface area (Å²) in [5, 5.41) is 3.30. The smallest absolute Gasteiger partial charge is 0.177 e. The zero-order valence-electron chi connectivity index (χ0n) is 11.7. The molecule has 3 aromatic rings. The van der Waals surface area contributed by atoms with Crippen LogP contribution in [0.2, 0.25) is 0 Å². The Bertz CT molecular complexity index is 687. The fraction of sp³-hybridized carbons (Fsp3) is 0. The second-order valence-corrected chi connectivity index (χ2v) is 7.91. The second kappa shape index (κ2) is 5.69. The van der Waals surface area contributed by atoms with E-state index in [2.05, 4.69) is 24.3 Å². The Morgan fingerprint density at radius 3 is 1.48 bits per heavy atom. The molecule has 0 saturated carbocycles. The topological polar surface area (TPSA) is 52.0 Å².